The summed E-state index contributed by atoms with van der Waals surface area (Å²) in [4.78, 5) is 29.8. The molecule has 1 N–H and O–H groups in total. The first-order chi connectivity index (χ1) is 13.6. The second-order valence-corrected chi connectivity index (χ2v) is 7.86. The molecule has 0 bridgehead atoms. The van der Waals surface area contributed by atoms with Crippen molar-refractivity contribution in [2.45, 2.75) is 38.6 Å². The van der Waals surface area contributed by atoms with Gasteiger partial charge in [-0.05, 0) is 63.4 Å². The van der Waals surface area contributed by atoms with Gasteiger partial charge in [-0.3, -0.25) is 9.59 Å². The number of rotatable bonds is 8. The summed E-state index contributed by atoms with van der Waals surface area (Å²) in [5.41, 5.74) is 1.08. The summed E-state index contributed by atoms with van der Waals surface area (Å²) in [5, 5.41) is 10.6. The number of Topliss-reactive ketones (excluding diaryl/α,β-unsaturated/α-hetero) is 1. The van der Waals surface area contributed by atoms with Crippen LogP contribution < -0.4 is 4.74 Å². The molecule has 1 aliphatic carbocycles. The molecule has 0 spiro atoms. The molecule has 1 saturated carbocycles. The van der Waals surface area contributed by atoms with Gasteiger partial charge in [-0.1, -0.05) is 12.1 Å². The van der Waals surface area contributed by atoms with Gasteiger partial charge in [-0.25, -0.2) is 0 Å². The number of aliphatic hydroxyl groups is 1. The van der Waals surface area contributed by atoms with E-state index in [2.05, 4.69) is 4.90 Å². The lowest BCUT2D eigenvalue weighted by atomic mass is 9.94. The SMILES string of the molecule is CCOc1cccc(C2C(C(=O)C3CC3)=C(O)C(=O)N2CCN2CCCC2)c1. The van der Waals surface area contributed by atoms with Gasteiger partial charge in [0.05, 0.1) is 18.2 Å². The van der Waals surface area contributed by atoms with E-state index in [1.54, 1.807) is 4.90 Å². The predicted molar refractivity (Wildman–Crippen MR) is 105 cm³/mol. The summed E-state index contributed by atoms with van der Waals surface area (Å²) < 4.78 is 5.62. The number of hydrogen-bond donors (Lipinski definition) is 1. The van der Waals surface area contributed by atoms with Crippen LogP contribution >= 0.6 is 0 Å². The van der Waals surface area contributed by atoms with Crippen molar-refractivity contribution in [3.05, 3.63) is 41.2 Å². The number of benzene rings is 1. The van der Waals surface area contributed by atoms with Crippen molar-refractivity contribution in [2.24, 2.45) is 5.92 Å². The van der Waals surface area contributed by atoms with Crippen LogP contribution in [-0.4, -0.2) is 59.4 Å². The number of amides is 1. The Morgan fingerprint density at radius 3 is 2.64 bits per heavy atom. The largest absolute Gasteiger partial charge is 0.503 e. The first-order valence-electron chi connectivity index (χ1n) is 10.3. The van der Waals surface area contributed by atoms with Crippen LogP contribution in [0.2, 0.25) is 0 Å². The molecule has 4 rings (SSSR count). The summed E-state index contributed by atoms with van der Waals surface area (Å²) >= 11 is 0. The fourth-order valence-corrected chi connectivity index (χ4v) is 4.24. The van der Waals surface area contributed by atoms with Crippen molar-refractivity contribution >= 4 is 11.7 Å². The Morgan fingerprint density at radius 2 is 1.96 bits per heavy atom. The summed E-state index contributed by atoms with van der Waals surface area (Å²) in [6, 6.07) is 6.98. The molecule has 0 aromatic heterocycles. The van der Waals surface area contributed by atoms with Gasteiger partial charge in [0.25, 0.3) is 5.91 Å². The van der Waals surface area contributed by atoms with E-state index in [0.29, 0.717) is 18.9 Å². The highest BCUT2D eigenvalue weighted by atomic mass is 16.5. The minimum atomic E-state index is -0.538. The molecule has 1 amide bonds. The number of hydrogen-bond acceptors (Lipinski definition) is 5. The molecule has 1 atom stereocenters. The van der Waals surface area contributed by atoms with Crippen molar-refractivity contribution in [1.29, 1.82) is 0 Å². The summed E-state index contributed by atoms with van der Waals surface area (Å²) in [6.45, 7) is 5.79. The van der Waals surface area contributed by atoms with Crippen molar-refractivity contribution in [1.82, 2.24) is 9.80 Å². The number of carbonyl (C=O) groups excluding carboxylic acids is 2. The molecule has 3 aliphatic rings. The van der Waals surface area contributed by atoms with Gasteiger partial charge in [-0.15, -0.1) is 0 Å². The van der Waals surface area contributed by atoms with Crippen LogP contribution in [0.25, 0.3) is 0 Å². The van der Waals surface area contributed by atoms with E-state index in [0.717, 1.165) is 38.0 Å². The average Bonchev–Trinajstić information content (AvgIpc) is 3.36. The lowest BCUT2D eigenvalue weighted by Gasteiger charge is -2.29. The number of ketones is 1. The number of ether oxygens (including phenoxy) is 1. The zero-order valence-electron chi connectivity index (χ0n) is 16.4. The van der Waals surface area contributed by atoms with Crippen molar-refractivity contribution in [2.75, 3.05) is 32.8 Å². The number of nitrogens with zero attached hydrogens (tertiary/aromatic N) is 2. The first kappa shape index (κ1) is 19.0. The Morgan fingerprint density at radius 1 is 1.21 bits per heavy atom. The van der Waals surface area contributed by atoms with E-state index in [-0.39, 0.29) is 23.0 Å². The Balaban J connectivity index is 1.65. The van der Waals surface area contributed by atoms with Crippen LogP contribution in [0.1, 0.15) is 44.2 Å². The number of likely N-dealkylation sites (tertiary alicyclic amines) is 1. The molecule has 6 nitrogen and oxygen atoms in total. The highest BCUT2D eigenvalue weighted by molar-refractivity contribution is 6.10. The zero-order valence-corrected chi connectivity index (χ0v) is 16.4. The fourth-order valence-electron chi connectivity index (χ4n) is 4.24. The van der Waals surface area contributed by atoms with Gasteiger partial charge in [0.2, 0.25) is 0 Å². The summed E-state index contributed by atoms with van der Waals surface area (Å²) in [6.07, 6.45) is 4.04. The standard InChI is InChI=1S/C22H28N2O4/c1-2-28-17-7-5-6-16(14-17)19-18(20(25)15-8-9-15)21(26)22(27)24(19)13-12-23-10-3-4-11-23/h5-7,14-15,19,26H,2-4,8-13H2,1H3. The molecule has 150 valence electrons. The highest BCUT2D eigenvalue weighted by Gasteiger charge is 2.47. The van der Waals surface area contributed by atoms with Crippen molar-refractivity contribution < 1.29 is 19.4 Å². The van der Waals surface area contributed by atoms with Crippen molar-refractivity contribution in [3.8, 4) is 5.75 Å². The van der Waals surface area contributed by atoms with E-state index in [1.165, 1.54) is 12.8 Å². The molecule has 28 heavy (non-hydrogen) atoms. The quantitative estimate of drug-likeness (QED) is 0.746. The fraction of sp³-hybridized carbons (Fsp3) is 0.545. The second kappa shape index (κ2) is 7.95. The maximum Gasteiger partial charge on any atom is 0.290 e. The van der Waals surface area contributed by atoms with Gasteiger partial charge in [0, 0.05) is 19.0 Å². The Labute approximate surface area is 165 Å². The molecule has 2 aliphatic heterocycles. The predicted octanol–water partition coefficient (Wildman–Crippen LogP) is 2.86. The van der Waals surface area contributed by atoms with E-state index < -0.39 is 11.9 Å². The molecule has 2 heterocycles. The van der Waals surface area contributed by atoms with Crippen molar-refractivity contribution in [3.63, 3.8) is 0 Å². The molecule has 1 aromatic rings. The maximum absolute atomic E-state index is 12.9. The smallest absolute Gasteiger partial charge is 0.290 e. The van der Waals surface area contributed by atoms with E-state index >= 15 is 0 Å². The van der Waals surface area contributed by atoms with Crippen LogP contribution in [0.5, 0.6) is 5.75 Å². The van der Waals surface area contributed by atoms with Gasteiger partial charge in [-0.2, -0.15) is 0 Å². The van der Waals surface area contributed by atoms with E-state index in [9.17, 15) is 14.7 Å². The Hall–Kier alpha value is -2.34. The van der Waals surface area contributed by atoms with Crippen LogP contribution in [0, 0.1) is 5.92 Å². The average molecular weight is 384 g/mol. The lowest BCUT2D eigenvalue weighted by molar-refractivity contribution is -0.129. The Kier molecular flexibility index (Phi) is 5.40. The van der Waals surface area contributed by atoms with E-state index in [1.807, 2.05) is 31.2 Å². The number of carbonyl (C=O) groups is 2. The molecular formula is C22H28N2O4. The van der Waals surface area contributed by atoms with Gasteiger partial charge < -0.3 is 19.6 Å². The third-order valence-corrected chi connectivity index (χ3v) is 5.86. The molecule has 0 radical (unpaired) electrons. The first-order valence-corrected chi connectivity index (χ1v) is 10.3. The number of aliphatic hydroxyl groups excluding tert-OH is 1. The van der Waals surface area contributed by atoms with Gasteiger partial charge in [0.1, 0.15) is 5.75 Å². The molecule has 1 saturated heterocycles. The normalized spacial score (nSPS) is 23.0. The van der Waals surface area contributed by atoms with Crippen LogP contribution in [0.4, 0.5) is 0 Å². The highest BCUT2D eigenvalue weighted by Crippen LogP contribution is 2.43. The minimum Gasteiger partial charge on any atom is -0.503 e. The third-order valence-electron chi connectivity index (χ3n) is 5.86. The van der Waals surface area contributed by atoms with Crippen LogP contribution in [0.3, 0.4) is 0 Å². The summed E-state index contributed by atoms with van der Waals surface area (Å²) in [7, 11) is 0. The lowest BCUT2D eigenvalue weighted by Crippen LogP contribution is -2.38. The van der Waals surface area contributed by atoms with E-state index in [4.69, 9.17) is 4.74 Å². The minimum absolute atomic E-state index is 0.0546. The maximum atomic E-state index is 12.9. The Bertz CT molecular complexity index is 793. The van der Waals surface area contributed by atoms with Crippen LogP contribution in [0.15, 0.2) is 35.6 Å². The van der Waals surface area contributed by atoms with Gasteiger partial charge >= 0.3 is 0 Å². The molecule has 1 unspecified atom stereocenters. The molecule has 2 fully saturated rings. The topological polar surface area (TPSA) is 70.1 Å². The zero-order chi connectivity index (χ0) is 19.7. The molecular weight excluding hydrogens is 356 g/mol. The third kappa shape index (κ3) is 3.65. The summed E-state index contributed by atoms with van der Waals surface area (Å²) in [5.74, 6) is -0.237. The monoisotopic (exact) mass is 384 g/mol. The van der Waals surface area contributed by atoms with Crippen LogP contribution in [-0.2, 0) is 9.59 Å². The molecule has 6 heteroatoms. The molecule has 1 aromatic carbocycles. The second-order valence-electron chi connectivity index (χ2n) is 7.86. The van der Waals surface area contributed by atoms with Gasteiger partial charge in [0.15, 0.2) is 11.5 Å².